The van der Waals surface area contributed by atoms with Gasteiger partial charge in [-0.15, -0.1) is 0 Å². The minimum Gasteiger partial charge on any atom is -0.345 e. The molecule has 1 aromatic carbocycles. The molecule has 0 radical (unpaired) electrons. The number of nitrogens with zero attached hydrogens (tertiary/aromatic N) is 4. The molecule has 11 heteroatoms. The highest BCUT2D eigenvalue weighted by molar-refractivity contribution is 5.95. The Morgan fingerprint density at radius 1 is 1.22 bits per heavy atom. The van der Waals surface area contributed by atoms with Gasteiger partial charge in [0.1, 0.15) is 0 Å². The van der Waals surface area contributed by atoms with Gasteiger partial charge in [0.15, 0.2) is 5.82 Å². The number of nitrogens with one attached hydrogen (secondary N) is 1. The Labute approximate surface area is 128 Å². The highest BCUT2D eigenvalue weighted by Gasteiger charge is 2.20. The van der Waals surface area contributed by atoms with Gasteiger partial charge in [0.2, 0.25) is 5.89 Å². The van der Waals surface area contributed by atoms with E-state index in [0.29, 0.717) is 12.3 Å². The molecule has 120 valence electrons. The van der Waals surface area contributed by atoms with E-state index in [1.807, 2.05) is 6.92 Å². The van der Waals surface area contributed by atoms with Crippen molar-refractivity contribution in [1.29, 1.82) is 0 Å². The molecule has 2 rings (SSSR count). The zero-order valence-corrected chi connectivity index (χ0v) is 11.9. The summed E-state index contributed by atoms with van der Waals surface area (Å²) in [6.45, 7) is 1.75. The van der Waals surface area contributed by atoms with E-state index in [-0.39, 0.29) is 17.9 Å². The summed E-state index contributed by atoms with van der Waals surface area (Å²) < 4.78 is 4.86. The van der Waals surface area contributed by atoms with Crippen molar-refractivity contribution in [2.24, 2.45) is 0 Å². The molecule has 2 aromatic rings. The molecule has 1 heterocycles. The standard InChI is InChI=1S/C12H11N5O6/c1-2-11-14-10(15-23-11)6-13-12(18)7-3-8(16(19)20)5-9(4-7)17(21)22/h3-5H,2,6H2,1H3,(H,13,18). The number of non-ortho nitro benzene ring substituents is 2. The molecule has 1 aromatic heterocycles. The predicted octanol–water partition coefficient (Wildman–Crippen LogP) is 1.38. The van der Waals surface area contributed by atoms with Crippen molar-refractivity contribution in [1.82, 2.24) is 15.5 Å². The van der Waals surface area contributed by atoms with Crippen LogP contribution in [0.25, 0.3) is 0 Å². The number of amides is 1. The van der Waals surface area contributed by atoms with Crippen molar-refractivity contribution < 1.29 is 19.2 Å². The molecule has 11 nitrogen and oxygen atoms in total. The fraction of sp³-hybridized carbons (Fsp3) is 0.250. The van der Waals surface area contributed by atoms with Gasteiger partial charge in [0, 0.05) is 18.6 Å². The van der Waals surface area contributed by atoms with Gasteiger partial charge in [-0.25, -0.2) is 0 Å². The monoisotopic (exact) mass is 321 g/mol. The first-order chi connectivity index (χ1) is 10.9. The number of benzene rings is 1. The van der Waals surface area contributed by atoms with Crippen molar-refractivity contribution in [3.8, 4) is 0 Å². The van der Waals surface area contributed by atoms with Gasteiger partial charge in [0.05, 0.1) is 28.0 Å². The Morgan fingerprint density at radius 2 is 1.83 bits per heavy atom. The Balaban J connectivity index is 2.17. The summed E-state index contributed by atoms with van der Waals surface area (Å²) in [4.78, 5) is 35.9. The molecule has 1 N–H and O–H groups in total. The Kier molecular flexibility index (Phi) is 4.59. The van der Waals surface area contributed by atoms with Crippen LogP contribution in [0.1, 0.15) is 29.0 Å². The molecule has 0 aliphatic rings. The first-order valence-corrected chi connectivity index (χ1v) is 6.44. The second-order valence-electron chi connectivity index (χ2n) is 4.39. The molecular weight excluding hydrogens is 310 g/mol. The van der Waals surface area contributed by atoms with E-state index in [1.54, 1.807) is 0 Å². The van der Waals surface area contributed by atoms with Gasteiger partial charge in [-0.05, 0) is 0 Å². The summed E-state index contributed by atoms with van der Waals surface area (Å²) in [5.74, 6) is -0.0879. The van der Waals surface area contributed by atoms with Crippen molar-refractivity contribution in [2.45, 2.75) is 19.9 Å². The van der Waals surface area contributed by atoms with Gasteiger partial charge in [0.25, 0.3) is 17.3 Å². The highest BCUT2D eigenvalue weighted by atomic mass is 16.6. The molecule has 0 atom stereocenters. The summed E-state index contributed by atoms with van der Waals surface area (Å²) in [6.07, 6.45) is 0.540. The predicted molar refractivity (Wildman–Crippen MR) is 74.6 cm³/mol. The maximum Gasteiger partial charge on any atom is 0.277 e. The zero-order chi connectivity index (χ0) is 17.0. The van der Waals surface area contributed by atoms with Crippen LogP contribution in [0.15, 0.2) is 22.7 Å². The van der Waals surface area contributed by atoms with Crippen molar-refractivity contribution in [2.75, 3.05) is 0 Å². The lowest BCUT2D eigenvalue weighted by Crippen LogP contribution is -2.23. The Morgan fingerprint density at radius 3 is 2.30 bits per heavy atom. The molecule has 0 unspecified atom stereocenters. The van der Waals surface area contributed by atoms with Gasteiger partial charge in [-0.1, -0.05) is 12.1 Å². The SMILES string of the molecule is CCc1nc(CNC(=O)c2cc([N+](=O)[O-])cc([N+](=O)[O-])c2)no1. The van der Waals surface area contributed by atoms with Crippen LogP contribution in [0.4, 0.5) is 11.4 Å². The normalized spacial score (nSPS) is 10.3. The zero-order valence-electron chi connectivity index (χ0n) is 11.9. The molecule has 23 heavy (non-hydrogen) atoms. The minimum atomic E-state index is -0.809. The number of aryl methyl sites for hydroxylation is 1. The number of aromatic nitrogens is 2. The van der Waals surface area contributed by atoms with E-state index in [4.69, 9.17) is 4.52 Å². The summed E-state index contributed by atoms with van der Waals surface area (Å²) in [7, 11) is 0. The highest BCUT2D eigenvalue weighted by Crippen LogP contribution is 2.22. The van der Waals surface area contributed by atoms with Crippen LogP contribution in [0.3, 0.4) is 0 Å². The molecule has 0 aliphatic carbocycles. The van der Waals surface area contributed by atoms with E-state index in [0.717, 1.165) is 18.2 Å². The first kappa shape index (κ1) is 16.0. The van der Waals surface area contributed by atoms with Crippen LogP contribution in [-0.4, -0.2) is 25.9 Å². The number of hydrogen-bond acceptors (Lipinski definition) is 8. The summed E-state index contributed by atoms with van der Waals surface area (Å²) >= 11 is 0. The smallest absolute Gasteiger partial charge is 0.277 e. The topological polar surface area (TPSA) is 154 Å². The van der Waals surface area contributed by atoms with E-state index < -0.39 is 27.1 Å². The molecule has 0 spiro atoms. The lowest BCUT2D eigenvalue weighted by molar-refractivity contribution is -0.394. The molecule has 0 fully saturated rings. The molecule has 0 aliphatic heterocycles. The summed E-state index contributed by atoms with van der Waals surface area (Å²) in [6, 6.07) is 2.69. The Hall–Kier alpha value is -3.37. The lowest BCUT2D eigenvalue weighted by Gasteiger charge is -2.03. The maximum absolute atomic E-state index is 12.0. The van der Waals surface area contributed by atoms with Gasteiger partial charge in [-0.3, -0.25) is 25.0 Å². The van der Waals surface area contributed by atoms with Crippen molar-refractivity contribution in [3.05, 3.63) is 55.7 Å². The van der Waals surface area contributed by atoms with Crippen molar-refractivity contribution >= 4 is 17.3 Å². The van der Waals surface area contributed by atoms with Gasteiger partial charge in [-0.2, -0.15) is 4.98 Å². The molecule has 0 saturated heterocycles. The average Bonchev–Trinajstić information content (AvgIpc) is 3.00. The third-order valence-electron chi connectivity index (χ3n) is 2.81. The average molecular weight is 321 g/mol. The Bertz CT molecular complexity index is 739. The molecule has 0 bridgehead atoms. The van der Waals surface area contributed by atoms with Crippen LogP contribution in [0, 0.1) is 20.2 Å². The molecule has 0 saturated carbocycles. The number of hydrogen-bond donors (Lipinski definition) is 1. The second kappa shape index (κ2) is 6.60. The van der Waals surface area contributed by atoms with Gasteiger partial charge < -0.3 is 9.84 Å². The number of rotatable bonds is 6. The van der Waals surface area contributed by atoms with Crippen LogP contribution in [0.2, 0.25) is 0 Å². The fourth-order valence-corrected chi connectivity index (χ4v) is 1.70. The largest absolute Gasteiger partial charge is 0.345 e. The number of carbonyl (C=O) groups is 1. The van der Waals surface area contributed by atoms with Crippen LogP contribution in [0.5, 0.6) is 0 Å². The first-order valence-electron chi connectivity index (χ1n) is 6.44. The quantitative estimate of drug-likeness (QED) is 0.618. The van der Waals surface area contributed by atoms with E-state index in [9.17, 15) is 25.0 Å². The van der Waals surface area contributed by atoms with E-state index in [2.05, 4.69) is 15.5 Å². The number of carbonyl (C=O) groups excluding carboxylic acids is 1. The molecule has 1 amide bonds. The van der Waals surface area contributed by atoms with Crippen LogP contribution < -0.4 is 5.32 Å². The summed E-state index contributed by atoms with van der Waals surface area (Å²) in [5, 5.41) is 27.6. The van der Waals surface area contributed by atoms with Crippen LogP contribution >= 0.6 is 0 Å². The van der Waals surface area contributed by atoms with E-state index in [1.165, 1.54) is 0 Å². The molecular formula is C12H11N5O6. The van der Waals surface area contributed by atoms with Gasteiger partial charge >= 0.3 is 0 Å². The summed E-state index contributed by atoms with van der Waals surface area (Å²) in [5.41, 5.74) is -1.29. The lowest BCUT2D eigenvalue weighted by atomic mass is 10.1. The second-order valence-corrected chi connectivity index (χ2v) is 4.39. The maximum atomic E-state index is 12.0. The fourth-order valence-electron chi connectivity index (χ4n) is 1.70. The third kappa shape index (κ3) is 3.84. The minimum absolute atomic E-state index is 0.0706. The van der Waals surface area contributed by atoms with E-state index >= 15 is 0 Å². The third-order valence-corrected chi connectivity index (χ3v) is 2.81. The van der Waals surface area contributed by atoms with Crippen LogP contribution in [-0.2, 0) is 13.0 Å². The number of nitro groups is 2. The van der Waals surface area contributed by atoms with Crippen molar-refractivity contribution in [3.63, 3.8) is 0 Å². The number of nitro benzene ring substituents is 2.